The molecule has 4 rings (SSSR count). The zero-order valence-electron chi connectivity index (χ0n) is 21.1. The van der Waals surface area contributed by atoms with Gasteiger partial charge in [-0.25, -0.2) is 19.0 Å². The molecule has 0 spiro atoms. The Balaban J connectivity index is 1.92. The largest absolute Gasteiger partial charge is 0.493 e. The molecule has 13 heteroatoms. The van der Waals surface area contributed by atoms with Gasteiger partial charge in [-0.15, -0.1) is 0 Å². The van der Waals surface area contributed by atoms with E-state index in [0.717, 1.165) is 9.87 Å². The number of nitrogens with zero attached hydrogens (tertiary/aromatic N) is 4. The molecule has 2 N–H and O–H groups in total. The first-order chi connectivity index (χ1) is 18.8. The second kappa shape index (κ2) is 12.2. The SMILES string of the molecule is COc1ccccc1Oc1c(OC)nc(-c2cccc(OCC(=O)O)c2)nc1N(c1ccc(C)cn1)S(=O)O. The van der Waals surface area contributed by atoms with Crippen LogP contribution in [0.2, 0.25) is 0 Å². The van der Waals surface area contributed by atoms with Crippen LogP contribution >= 0.6 is 0 Å². The summed E-state index contributed by atoms with van der Waals surface area (Å²) in [6.45, 7) is 1.29. The minimum Gasteiger partial charge on any atom is -0.493 e. The van der Waals surface area contributed by atoms with Gasteiger partial charge in [0, 0.05) is 11.8 Å². The molecule has 2 aromatic heterocycles. The molecule has 2 aromatic carbocycles. The lowest BCUT2D eigenvalue weighted by Crippen LogP contribution is -2.23. The number of benzene rings is 2. The van der Waals surface area contributed by atoms with Gasteiger partial charge in [0.1, 0.15) is 11.6 Å². The third-order valence-electron chi connectivity index (χ3n) is 5.20. The van der Waals surface area contributed by atoms with Gasteiger partial charge in [-0.3, -0.25) is 4.55 Å². The highest BCUT2D eigenvalue weighted by Gasteiger charge is 2.29. The molecule has 4 aromatic rings. The maximum atomic E-state index is 12.7. The van der Waals surface area contributed by atoms with Gasteiger partial charge in [0.25, 0.3) is 17.1 Å². The average molecular weight is 553 g/mol. The van der Waals surface area contributed by atoms with E-state index in [9.17, 15) is 13.6 Å². The zero-order chi connectivity index (χ0) is 27.9. The quantitative estimate of drug-likeness (QED) is 0.255. The van der Waals surface area contributed by atoms with E-state index in [1.807, 2.05) is 6.92 Å². The van der Waals surface area contributed by atoms with Crippen LogP contribution in [-0.4, -0.2) is 55.6 Å². The summed E-state index contributed by atoms with van der Waals surface area (Å²) in [4.78, 5) is 24.2. The molecule has 202 valence electrons. The number of para-hydroxylation sites is 2. The van der Waals surface area contributed by atoms with Crippen LogP contribution in [0.5, 0.6) is 28.9 Å². The molecule has 0 radical (unpaired) electrons. The van der Waals surface area contributed by atoms with E-state index in [0.29, 0.717) is 11.3 Å². The molecule has 0 fully saturated rings. The van der Waals surface area contributed by atoms with Crippen LogP contribution in [0.1, 0.15) is 5.56 Å². The van der Waals surface area contributed by atoms with Crippen molar-refractivity contribution in [1.29, 1.82) is 0 Å². The van der Waals surface area contributed by atoms with E-state index in [4.69, 9.17) is 24.1 Å². The third kappa shape index (κ3) is 6.40. The van der Waals surface area contributed by atoms with Crippen molar-refractivity contribution in [2.45, 2.75) is 6.92 Å². The van der Waals surface area contributed by atoms with E-state index in [1.54, 1.807) is 60.8 Å². The van der Waals surface area contributed by atoms with Crippen molar-refractivity contribution >= 4 is 28.9 Å². The van der Waals surface area contributed by atoms with Gasteiger partial charge in [-0.1, -0.05) is 30.3 Å². The van der Waals surface area contributed by atoms with Gasteiger partial charge in [-0.05, 0) is 42.8 Å². The molecule has 0 amide bonds. The molecule has 12 nitrogen and oxygen atoms in total. The zero-order valence-corrected chi connectivity index (χ0v) is 21.9. The number of carboxylic acids is 1. The summed E-state index contributed by atoms with van der Waals surface area (Å²) in [5.41, 5.74) is 1.26. The highest BCUT2D eigenvalue weighted by Crippen LogP contribution is 2.44. The molecule has 0 aliphatic heterocycles. The van der Waals surface area contributed by atoms with Crippen LogP contribution in [0.3, 0.4) is 0 Å². The Labute approximate surface area is 226 Å². The van der Waals surface area contributed by atoms with Crippen LogP contribution < -0.4 is 23.3 Å². The molecular weight excluding hydrogens is 528 g/mol. The topological polar surface area (TPSA) is 153 Å². The van der Waals surface area contributed by atoms with Gasteiger partial charge in [-0.2, -0.15) is 9.29 Å². The predicted octanol–water partition coefficient (Wildman–Crippen LogP) is 4.39. The van der Waals surface area contributed by atoms with E-state index in [2.05, 4.69) is 15.0 Å². The van der Waals surface area contributed by atoms with Crippen LogP contribution in [0.4, 0.5) is 11.6 Å². The van der Waals surface area contributed by atoms with Gasteiger partial charge >= 0.3 is 5.97 Å². The molecule has 0 aliphatic rings. The Hall–Kier alpha value is -4.75. The predicted molar refractivity (Wildman–Crippen MR) is 142 cm³/mol. The molecule has 0 saturated heterocycles. The number of aliphatic carboxylic acids is 1. The van der Waals surface area contributed by atoms with Crippen LogP contribution in [0.25, 0.3) is 11.4 Å². The Kier molecular flexibility index (Phi) is 8.53. The fraction of sp³-hybridized carbons (Fsp3) is 0.154. The minimum atomic E-state index is -2.65. The summed E-state index contributed by atoms with van der Waals surface area (Å²) in [6, 6.07) is 16.5. The number of carbonyl (C=O) groups is 1. The maximum absolute atomic E-state index is 12.7. The normalized spacial score (nSPS) is 11.4. The van der Waals surface area contributed by atoms with Crippen molar-refractivity contribution < 1.29 is 37.6 Å². The first kappa shape index (κ1) is 27.3. The Morgan fingerprint density at radius 2 is 1.77 bits per heavy atom. The van der Waals surface area contributed by atoms with Crippen molar-refractivity contribution in [3.05, 3.63) is 72.4 Å². The summed E-state index contributed by atoms with van der Waals surface area (Å²) in [5, 5.41) is 8.94. The van der Waals surface area contributed by atoms with Crippen LogP contribution in [0, 0.1) is 6.92 Å². The van der Waals surface area contributed by atoms with E-state index >= 15 is 0 Å². The molecular formula is C26H24N4O8S. The first-order valence-corrected chi connectivity index (χ1v) is 12.4. The van der Waals surface area contributed by atoms with E-state index in [-0.39, 0.29) is 40.6 Å². The number of pyridine rings is 1. The number of aromatic nitrogens is 3. The number of ether oxygens (including phenoxy) is 4. The van der Waals surface area contributed by atoms with Crippen LogP contribution in [-0.2, 0) is 16.1 Å². The molecule has 2 heterocycles. The minimum absolute atomic E-state index is 0.0553. The van der Waals surface area contributed by atoms with Gasteiger partial charge in [0.05, 0.1) is 14.2 Å². The Morgan fingerprint density at radius 1 is 1.00 bits per heavy atom. The number of anilines is 2. The molecule has 1 unspecified atom stereocenters. The molecule has 0 saturated carbocycles. The highest BCUT2D eigenvalue weighted by molar-refractivity contribution is 7.81. The second-order valence-corrected chi connectivity index (χ2v) is 8.72. The van der Waals surface area contributed by atoms with Crippen molar-refractivity contribution in [3.63, 3.8) is 0 Å². The maximum Gasteiger partial charge on any atom is 0.341 e. The van der Waals surface area contributed by atoms with E-state index in [1.165, 1.54) is 20.3 Å². The lowest BCUT2D eigenvalue weighted by atomic mass is 10.2. The molecule has 1 atom stereocenters. The van der Waals surface area contributed by atoms with Gasteiger partial charge < -0.3 is 24.1 Å². The molecule has 0 bridgehead atoms. The Morgan fingerprint density at radius 3 is 2.41 bits per heavy atom. The van der Waals surface area contributed by atoms with Crippen LogP contribution in [0.15, 0.2) is 66.9 Å². The summed E-state index contributed by atoms with van der Waals surface area (Å²) in [6.07, 6.45) is 1.54. The van der Waals surface area contributed by atoms with Gasteiger partial charge in [0.15, 0.2) is 29.7 Å². The number of carboxylic acid groups (broad SMARTS) is 1. The fourth-order valence-corrected chi connectivity index (χ4v) is 3.98. The monoisotopic (exact) mass is 552 g/mol. The number of hydrogen-bond donors (Lipinski definition) is 2. The lowest BCUT2D eigenvalue weighted by Gasteiger charge is -2.23. The Bertz CT molecular complexity index is 1500. The average Bonchev–Trinajstić information content (AvgIpc) is 2.94. The summed E-state index contributed by atoms with van der Waals surface area (Å²) in [5.74, 6) is -0.273. The third-order valence-corrected chi connectivity index (χ3v) is 5.87. The van der Waals surface area contributed by atoms with Crippen molar-refractivity contribution in [1.82, 2.24) is 15.0 Å². The summed E-state index contributed by atoms with van der Waals surface area (Å²) < 4.78 is 46.4. The summed E-state index contributed by atoms with van der Waals surface area (Å²) in [7, 11) is 2.84. The number of aryl methyl sites for hydroxylation is 1. The highest BCUT2D eigenvalue weighted by atomic mass is 32.2. The molecule has 39 heavy (non-hydrogen) atoms. The second-order valence-electron chi connectivity index (χ2n) is 7.89. The first-order valence-electron chi connectivity index (χ1n) is 11.4. The van der Waals surface area contributed by atoms with Crippen molar-refractivity contribution in [3.8, 4) is 40.3 Å². The summed E-state index contributed by atoms with van der Waals surface area (Å²) >= 11 is -2.65. The number of rotatable bonds is 11. The van der Waals surface area contributed by atoms with Crippen molar-refractivity contribution in [2.24, 2.45) is 0 Å². The van der Waals surface area contributed by atoms with Gasteiger partial charge in [0.2, 0.25) is 5.75 Å². The molecule has 0 aliphatic carbocycles. The van der Waals surface area contributed by atoms with E-state index < -0.39 is 23.8 Å². The smallest absolute Gasteiger partial charge is 0.341 e. The lowest BCUT2D eigenvalue weighted by molar-refractivity contribution is -0.139. The number of methoxy groups -OCH3 is 2. The fourth-order valence-electron chi connectivity index (χ4n) is 3.44. The van der Waals surface area contributed by atoms with Crippen molar-refractivity contribution in [2.75, 3.05) is 25.1 Å². The number of hydrogen-bond acceptors (Lipinski definition) is 9. The standard InChI is InChI=1S/C26H24N4O8S/c1-16-11-12-21(27-14-16)30(39(33)34)25-23(38-20-10-5-4-9-19(20)35-2)26(36-3)29-24(28-25)17-7-6-8-18(13-17)37-15-22(31)32/h4-14H,15H2,1-3H3,(H,31,32)(H,33,34).